The summed E-state index contributed by atoms with van der Waals surface area (Å²) < 4.78 is 34.7. The zero-order valence-electron chi connectivity index (χ0n) is 6.82. The van der Waals surface area contributed by atoms with Gasteiger partial charge in [-0.2, -0.15) is 13.2 Å². The summed E-state index contributed by atoms with van der Waals surface area (Å²) in [5.41, 5.74) is -4.11. The van der Waals surface area contributed by atoms with E-state index < -0.39 is 5.51 Å². The molecule has 72 valence electrons. The summed E-state index contributed by atoms with van der Waals surface area (Å²) in [5, 5.41) is 2.87. The van der Waals surface area contributed by atoms with Gasteiger partial charge in [-0.15, -0.1) is 6.58 Å². The molecule has 1 nitrogen and oxygen atoms in total. The molecule has 0 saturated heterocycles. The van der Waals surface area contributed by atoms with Gasteiger partial charge >= 0.3 is 5.51 Å². The zero-order valence-corrected chi connectivity index (χ0v) is 7.63. The summed E-state index contributed by atoms with van der Waals surface area (Å²) in [6.45, 7) is 5.68. The Morgan fingerprint density at radius 1 is 1.58 bits per heavy atom. The highest BCUT2D eigenvalue weighted by Crippen LogP contribution is 2.29. The molecule has 12 heavy (non-hydrogen) atoms. The van der Waals surface area contributed by atoms with Gasteiger partial charge < -0.3 is 5.32 Å². The van der Waals surface area contributed by atoms with Gasteiger partial charge in [-0.3, -0.25) is 0 Å². The number of hydrogen-bond acceptors (Lipinski definition) is 2. The summed E-state index contributed by atoms with van der Waals surface area (Å²) in [5.74, 6) is 0.0433. The van der Waals surface area contributed by atoms with Crippen LogP contribution in [0.25, 0.3) is 0 Å². The van der Waals surface area contributed by atoms with Crippen LogP contribution in [-0.2, 0) is 0 Å². The Hall–Kier alpha value is -0.160. The zero-order chi connectivity index (χ0) is 9.61. The van der Waals surface area contributed by atoms with E-state index in [1.165, 1.54) is 0 Å². The summed E-state index contributed by atoms with van der Waals surface area (Å²) in [6, 6.07) is 0.0684. The van der Waals surface area contributed by atoms with Gasteiger partial charge in [0.25, 0.3) is 0 Å². The lowest BCUT2D eigenvalue weighted by molar-refractivity contribution is -0.0327. The molecule has 0 rings (SSSR count). The molecule has 0 aromatic heterocycles. The number of nitrogens with one attached hydrogen (secondary N) is 1. The third-order valence-electron chi connectivity index (χ3n) is 1.19. The SMILES string of the molecule is C=CC(C)NCCSC(F)(F)F. The van der Waals surface area contributed by atoms with Crippen LogP contribution in [0.2, 0.25) is 0 Å². The topological polar surface area (TPSA) is 12.0 Å². The van der Waals surface area contributed by atoms with Crippen molar-refractivity contribution in [3.8, 4) is 0 Å². The molecule has 0 radical (unpaired) electrons. The molecule has 0 amide bonds. The Morgan fingerprint density at radius 3 is 2.58 bits per heavy atom. The maximum Gasteiger partial charge on any atom is 0.441 e. The Morgan fingerprint density at radius 2 is 2.17 bits per heavy atom. The van der Waals surface area contributed by atoms with E-state index in [1.807, 2.05) is 6.92 Å². The standard InChI is InChI=1S/C7H12F3NS/c1-3-6(2)11-4-5-12-7(8,9)10/h3,6,11H,1,4-5H2,2H3. The highest BCUT2D eigenvalue weighted by molar-refractivity contribution is 8.00. The van der Waals surface area contributed by atoms with Gasteiger partial charge in [0, 0.05) is 18.3 Å². The third kappa shape index (κ3) is 7.94. The molecule has 0 aliphatic rings. The van der Waals surface area contributed by atoms with Crippen LogP contribution in [0.4, 0.5) is 13.2 Å². The van der Waals surface area contributed by atoms with Gasteiger partial charge in [0.2, 0.25) is 0 Å². The van der Waals surface area contributed by atoms with Crippen molar-refractivity contribution in [2.45, 2.75) is 18.5 Å². The molecule has 0 aromatic carbocycles. The van der Waals surface area contributed by atoms with Crippen molar-refractivity contribution in [1.29, 1.82) is 0 Å². The highest BCUT2D eigenvalue weighted by atomic mass is 32.2. The lowest BCUT2D eigenvalue weighted by Crippen LogP contribution is -2.26. The molecule has 0 heterocycles. The van der Waals surface area contributed by atoms with Gasteiger partial charge in [0.15, 0.2) is 0 Å². The summed E-state index contributed by atoms with van der Waals surface area (Å²) in [6.07, 6.45) is 1.65. The molecular weight excluding hydrogens is 187 g/mol. The average Bonchev–Trinajstić information content (AvgIpc) is 1.96. The lowest BCUT2D eigenvalue weighted by Gasteiger charge is -2.09. The smallest absolute Gasteiger partial charge is 0.310 e. The first-order valence-corrected chi connectivity index (χ1v) is 4.51. The van der Waals surface area contributed by atoms with Crippen LogP contribution in [-0.4, -0.2) is 23.8 Å². The van der Waals surface area contributed by atoms with Crippen LogP contribution in [0.3, 0.4) is 0 Å². The van der Waals surface area contributed by atoms with E-state index in [1.54, 1.807) is 6.08 Å². The number of rotatable bonds is 5. The number of hydrogen-bond donors (Lipinski definition) is 1. The van der Waals surface area contributed by atoms with E-state index in [0.29, 0.717) is 6.54 Å². The van der Waals surface area contributed by atoms with E-state index >= 15 is 0 Å². The van der Waals surface area contributed by atoms with Crippen LogP contribution >= 0.6 is 11.8 Å². The van der Waals surface area contributed by atoms with Crippen LogP contribution in [0.15, 0.2) is 12.7 Å². The van der Waals surface area contributed by atoms with E-state index in [-0.39, 0.29) is 23.6 Å². The van der Waals surface area contributed by atoms with Crippen molar-refractivity contribution in [3.05, 3.63) is 12.7 Å². The van der Waals surface area contributed by atoms with Crippen LogP contribution in [0, 0.1) is 0 Å². The van der Waals surface area contributed by atoms with Crippen molar-refractivity contribution in [3.63, 3.8) is 0 Å². The minimum Gasteiger partial charge on any atom is -0.310 e. The minimum atomic E-state index is -4.11. The lowest BCUT2D eigenvalue weighted by atomic mass is 10.3. The van der Waals surface area contributed by atoms with Crippen molar-refractivity contribution >= 4 is 11.8 Å². The molecule has 0 bridgehead atoms. The Bertz CT molecular complexity index is 135. The number of thioether (sulfide) groups is 1. The molecule has 0 spiro atoms. The van der Waals surface area contributed by atoms with E-state index in [2.05, 4.69) is 11.9 Å². The summed E-state index contributed by atoms with van der Waals surface area (Å²) in [4.78, 5) is 0. The van der Waals surface area contributed by atoms with Crippen LogP contribution < -0.4 is 5.32 Å². The van der Waals surface area contributed by atoms with Gasteiger partial charge in [-0.25, -0.2) is 0 Å². The predicted octanol–water partition coefficient (Wildman–Crippen LogP) is 2.40. The highest BCUT2D eigenvalue weighted by Gasteiger charge is 2.27. The van der Waals surface area contributed by atoms with Crippen molar-refractivity contribution < 1.29 is 13.2 Å². The van der Waals surface area contributed by atoms with Crippen LogP contribution in [0.5, 0.6) is 0 Å². The number of halogens is 3. The van der Waals surface area contributed by atoms with Gasteiger partial charge in [0.1, 0.15) is 0 Å². The Kier molecular flexibility index (Phi) is 5.41. The monoisotopic (exact) mass is 199 g/mol. The average molecular weight is 199 g/mol. The second-order valence-electron chi connectivity index (χ2n) is 2.27. The fourth-order valence-corrected chi connectivity index (χ4v) is 0.988. The largest absolute Gasteiger partial charge is 0.441 e. The van der Waals surface area contributed by atoms with E-state index in [4.69, 9.17) is 0 Å². The maximum absolute atomic E-state index is 11.6. The normalized spacial score (nSPS) is 14.3. The first kappa shape index (κ1) is 11.8. The Labute approximate surface area is 74.4 Å². The number of alkyl halides is 3. The fourth-order valence-electron chi connectivity index (χ4n) is 0.537. The fraction of sp³-hybridized carbons (Fsp3) is 0.714. The summed E-state index contributed by atoms with van der Waals surface area (Å²) in [7, 11) is 0. The quantitative estimate of drug-likeness (QED) is 0.539. The first-order valence-electron chi connectivity index (χ1n) is 3.52. The molecule has 0 aromatic rings. The van der Waals surface area contributed by atoms with Gasteiger partial charge in [0.05, 0.1) is 0 Å². The Balaban J connectivity index is 3.27. The minimum absolute atomic E-state index is 0.0108. The maximum atomic E-state index is 11.6. The molecule has 0 aliphatic heterocycles. The molecular formula is C7H12F3NS. The van der Waals surface area contributed by atoms with E-state index in [9.17, 15) is 13.2 Å². The van der Waals surface area contributed by atoms with Crippen molar-refractivity contribution in [1.82, 2.24) is 5.32 Å². The van der Waals surface area contributed by atoms with Gasteiger partial charge in [-0.1, -0.05) is 6.08 Å². The third-order valence-corrected chi connectivity index (χ3v) is 1.92. The first-order chi connectivity index (χ1) is 5.45. The molecule has 5 heteroatoms. The second-order valence-corrected chi connectivity index (χ2v) is 3.43. The molecule has 0 aliphatic carbocycles. The molecule has 1 unspecified atom stereocenters. The molecule has 1 atom stereocenters. The van der Waals surface area contributed by atoms with Crippen LogP contribution in [0.1, 0.15) is 6.92 Å². The predicted molar refractivity (Wildman–Crippen MR) is 46.2 cm³/mol. The van der Waals surface area contributed by atoms with Crippen molar-refractivity contribution in [2.24, 2.45) is 0 Å². The van der Waals surface area contributed by atoms with Gasteiger partial charge in [-0.05, 0) is 18.7 Å². The molecule has 1 N–H and O–H groups in total. The summed E-state index contributed by atoms with van der Waals surface area (Å²) >= 11 is -0.0108. The molecule has 0 saturated carbocycles. The van der Waals surface area contributed by atoms with E-state index in [0.717, 1.165) is 0 Å². The second kappa shape index (κ2) is 5.48. The van der Waals surface area contributed by atoms with Crippen molar-refractivity contribution in [2.75, 3.05) is 12.3 Å². The molecule has 0 fully saturated rings.